The molecule has 0 spiro atoms. The molecule has 7 nitrogen and oxygen atoms in total. The van der Waals surface area contributed by atoms with Crippen molar-refractivity contribution in [3.05, 3.63) is 29.8 Å². The molecule has 1 unspecified atom stereocenters. The third-order valence-electron chi connectivity index (χ3n) is 5.30. The lowest BCUT2D eigenvalue weighted by Gasteiger charge is -2.37. The molecule has 154 valence electrons. The van der Waals surface area contributed by atoms with Crippen molar-refractivity contribution in [1.29, 1.82) is 0 Å². The predicted octanol–water partition coefficient (Wildman–Crippen LogP) is 0.775. The number of carbonyl (C=O) groups is 2. The average molecular weight is 389 g/mol. The molecule has 2 fully saturated rings. The van der Waals surface area contributed by atoms with E-state index in [0.29, 0.717) is 25.7 Å². The van der Waals surface area contributed by atoms with E-state index in [1.54, 1.807) is 0 Å². The highest BCUT2D eigenvalue weighted by molar-refractivity contribution is 5.81. The number of rotatable bonds is 9. The van der Waals surface area contributed by atoms with Gasteiger partial charge in [-0.1, -0.05) is 12.1 Å². The molecule has 1 aliphatic carbocycles. The summed E-state index contributed by atoms with van der Waals surface area (Å²) in [5, 5.41) is 5.98. The molecule has 0 bridgehead atoms. The predicted molar refractivity (Wildman–Crippen MR) is 108 cm³/mol. The molecule has 1 aromatic carbocycles. The number of ether oxygens (including phenoxy) is 1. The molecule has 1 saturated heterocycles. The molecule has 2 amide bonds. The Balaban J connectivity index is 1.30. The number of piperazine rings is 1. The van der Waals surface area contributed by atoms with Crippen LogP contribution in [0.25, 0.3) is 0 Å². The van der Waals surface area contributed by atoms with Crippen LogP contribution in [0, 0.1) is 6.92 Å². The van der Waals surface area contributed by atoms with Gasteiger partial charge in [0, 0.05) is 32.2 Å². The van der Waals surface area contributed by atoms with Crippen LogP contribution in [0.4, 0.5) is 0 Å². The summed E-state index contributed by atoms with van der Waals surface area (Å²) < 4.78 is 5.67. The summed E-state index contributed by atoms with van der Waals surface area (Å²) in [5.74, 6) is 0.965. The fourth-order valence-electron chi connectivity index (χ4n) is 3.37. The fourth-order valence-corrected chi connectivity index (χ4v) is 3.37. The van der Waals surface area contributed by atoms with Crippen LogP contribution in [0.5, 0.6) is 5.75 Å². The first-order valence-corrected chi connectivity index (χ1v) is 10.2. The standard InChI is InChI=1S/C21H32N4O3/c1-16-4-3-5-19(14-16)28-13-8-22-21(27)17(2)25-11-9-24(10-12-25)15-20(26)23-18-6-7-18/h3-5,14,17-18H,6-13,15H2,1-2H3,(H,22,27)(H,23,26). The highest BCUT2D eigenvalue weighted by atomic mass is 16.5. The number of nitrogens with one attached hydrogen (secondary N) is 2. The van der Waals surface area contributed by atoms with Crippen LogP contribution in [-0.2, 0) is 9.59 Å². The summed E-state index contributed by atoms with van der Waals surface area (Å²) in [6.45, 7) is 8.57. The molecule has 1 aromatic rings. The van der Waals surface area contributed by atoms with Gasteiger partial charge in [-0.05, 0) is 44.4 Å². The Hall–Kier alpha value is -2.12. The van der Waals surface area contributed by atoms with Crippen LogP contribution in [0.2, 0.25) is 0 Å². The summed E-state index contributed by atoms with van der Waals surface area (Å²) >= 11 is 0. The van der Waals surface area contributed by atoms with E-state index in [4.69, 9.17) is 4.74 Å². The van der Waals surface area contributed by atoms with E-state index in [9.17, 15) is 9.59 Å². The van der Waals surface area contributed by atoms with Gasteiger partial charge in [0.25, 0.3) is 0 Å². The number of aryl methyl sites for hydroxylation is 1. The van der Waals surface area contributed by atoms with Gasteiger partial charge in [-0.25, -0.2) is 0 Å². The molecule has 1 saturated carbocycles. The second-order valence-corrected chi connectivity index (χ2v) is 7.79. The van der Waals surface area contributed by atoms with E-state index in [-0.39, 0.29) is 17.9 Å². The molecule has 1 aliphatic heterocycles. The number of nitrogens with zero attached hydrogens (tertiary/aromatic N) is 2. The minimum atomic E-state index is -0.179. The number of amides is 2. The normalized spacial score (nSPS) is 19.1. The molecule has 0 radical (unpaired) electrons. The minimum absolute atomic E-state index is 0.0211. The van der Waals surface area contributed by atoms with Crippen molar-refractivity contribution in [2.75, 3.05) is 45.9 Å². The Morgan fingerprint density at radius 3 is 2.64 bits per heavy atom. The number of hydrogen-bond acceptors (Lipinski definition) is 5. The summed E-state index contributed by atoms with van der Waals surface area (Å²) in [7, 11) is 0. The molecule has 28 heavy (non-hydrogen) atoms. The first kappa shape index (κ1) is 20.6. The Labute approximate surface area is 167 Å². The molecule has 7 heteroatoms. The van der Waals surface area contributed by atoms with Crippen molar-refractivity contribution in [2.45, 2.75) is 38.8 Å². The maximum atomic E-state index is 12.4. The van der Waals surface area contributed by atoms with Crippen molar-refractivity contribution in [1.82, 2.24) is 20.4 Å². The van der Waals surface area contributed by atoms with Gasteiger partial charge < -0.3 is 15.4 Å². The van der Waals surface area contributed by atoms with Crippen LogP contribution < -0.4 is 15.4 Å². The second-order valence-electron chi connectivity index (χ2n) is 7.79. The summed E-state index contributed by atoms with van der Waals surface area (Å²) in [4.78, 5) is 28.7. The van der Waals surface area contributed by atoms with Crippen molar-refractivity contribution in [3.8, 4) is 5.75 Å². The fraction of sp³-hybridized carbons (Fsp3) is 0.619. The van der Waals surface area contributed by atoms with Crippen molar-refractivity contribution >= 4 is 11.8 Å². The molecule has 2 N–H and O–H groups in total. The Kier molecular flexibility index (Phi) is 7.28. The number of benzene rings is 1. The third-order valence-corrected chi connectivity index (χ3v) is 5.30. The van der Waals surface area contributed by atoms with Crippen LogP contribution in [0.15, 0.2) is 24.3 Å². The Bertz CT molecular complexity index is 669. The molecule has 3 rings (SSSR count). The lowest BCUT2D eigenvalue weighted by molar-refractivity contribution is -0.128. The molecular weight excluding hydrogens is 356 g/mol. The van der Waals surface area contributed by atoms with Gasteiger partial charge in [-0.3, -0.25) is 19.4 Å². The maximum absolute atomic E-state index is 12.4. The first-order valence-electron chi connectivity index (χ1n) is 10.2. The van der Waals surface area contributed by atoms with E-state index in [1.807, 2.05) is 38.1 Å². The Morgan fingerprint density at radius 2 is 1.96 bits per heavy atom. The van der Waals surface area contributed by atoms with Crippen LogP contribution in [0.1, 0.15) is 25.3 Å². The quantitative estimate of drug-likeness (QED) is 0.612. The van der Waals surface area contributed by atoms with Gasteiger partial charge in [0.1, 0.15) is 12.4 Å². The van der Waals surface area contributed by atoms with Crippen LogP contribution in [0.3, 0.4) is 0 Å². The highest BCUT2D eigenvalue weighted by Gasteiger charge is 2.28. The molecule has 1 heterocycles. The van der Waals surface area contributed by atoms with Gasteiger partial charge in [-0.15, -0.1) is 0 Å². The monoisotopic (exact) mass is 388 g/mol. The van der Waals surface area contributed by atoms with Crippen LogP contribution in [-0.4, -0.2) is 79.6 Å². The minimum Gasteiger partial charge on any atom is -0.492 e. The van der Waals surface area contributed by atoms with Crippen molar-refractivity contribution in [2.24, 2.45) is 0 Å². The van der Waals surface area contributed by atoms with Crippen LogP contribution >= 0.6 is 0 Å². The lowest BCUT2D eigenvalue weighted by Crippen LogP contribution is -2.55. The SMILES string of the molecule is Cc1cccc(OCCNC(=O)C(C)N2CCN(CC(=O)NC3CC3)CC2)c1. The molecule has 0 aromatic heterocycles. The number of hydrogen-bond donors (Lipinski definition) is 2. The second kappa shape index (κ2) is 9.89. The van der Waals surface area contributed by atoms with Gasteiger partial charge in [0.05, 0.1) is 19.1 Å². The summed E-state index contributed by atoms with van der Waals surface area (Å²) in [6.07, 6.45) is 2.23. The molecule has 2 aliphatic rings. The lowest BCUT2D eigenvalue weighted by atomic mass is 10.2. The van der Waals surface area contributed by atoms with E-state index >= 15 is 0 Å². The highest BCUT2D eigenvalue weighted by Crippen LogP contribution is 2.18. The van der Waals surface area contributed by atoms with Gasteiger partial charge in [0.2, 0.25) is 11.8 Å². The van der Waals surface area contributed by atoms with Crippen molar-refractivity contribution < 1.29 is 14.3 Å². The van der Waals surface area contributed by atoms with Crippen molar-refractivity contribution in [3.63, 3.8) is 0 Å². The average Bonchev–Trinajstić information content (AvgIpc) is 3.49. The van der Waals surface area contributed by atoms with Gasteiger partial charge in [0.15, 0.2) is 0 Å². The largest absolute Gasteiger partial charge is 0.492 e. The Morgan fingerprint density at radius 1 is 1.21 bits per heavy atom. The topological polar surface area (TPSA) is 73.9 Å². The zero-order valence-electron chi connectivity index (χ0n) is 16.9. The van der Waals surface area contributed by atoms with E-state index in [1.165, 1.54) is 0 Å². The van der Waals surface area contributed by atoms with E-state index in [0.717, 1.165) is 50.3 Å². The zero-order valence-corrected chi connectivity index (χ0v) is 16.9. The summed E-state index contributed by atoms with van der Waals surface area (Å²) in [5.41, 5.74) is 1.15. The number of carbonyl (C=O) groups excluding carboxylic acids is 2. The smallest absolute Gasteiger partial charge is 0.237 e. The molecular formula is C21H32N4O3. The van der Waals surface area contributed by atoms with Gasteiger partial charge >= 0.3 is 0 Å². The zero-order chi connectivity index (χ0) is 19.9. The van der Waals surface area contributed by atoms with E-state index in [2.05, 4.69) is 20.4 Å². The maximum Gasteiger partial charge on any atom is 0.237 e. The first-order chi connectivity index (χ1) is 13.5. The summed E-state index contributed by atoms with van der Waals surface area (Å²) in [6, 6.07) is 8.11. The third kappa shape index (κ3) is 6.49. The molecule has 1 atom stereocenters. The van der Waals surface area contributed by atoms with E-state index < -0.39 is 0 Å². The van der Waals surface area contributed by atoms with Gasteiger partial charge in [-0.2, -0.15) is 0 Å².